The van der Waals surface area contributed by atoms with Crippen molar-refractivity contribution in [2.45, 2.75) is 224 Å². The molecule has 17 heteroatoms. The van der Waals surface area contributed by atoms with Crippen LogP contribution in [0.25, 0.3) is 0 Å². The first kappa shape index (κ1) is 50.0. The van der Waals surface area contributed by atoms with Gasteiger partial charge in [0.15, 0.2) is 25.0 Å². The number of hydrogen-bond acceptors (Lipinski definition) is 16. The summed E-state index contributed by atoms with van der Waals surface area (Å²) in [6, 6.07) is 0. The molecule has 65 heavy (non-hydrogen) atoms. The molecule has 8 rings (SSSR count). The molecule has 0 spiro atoms. The lowest BCUT2D eigenvalue weighted by Gasteiger charge is -2.71. The molecular weight excluding hydrogens is 849 g/mol. The lowest BCUT2D eigenvalue weighted by atomic mass is 9.33. The Balaban J connectivity index is 1.06. The van der Waals surface area contributed by atoms with E-state index in [1.165, 1.54) is 6.92 Å². The fraction of sp³-hybridized carbons (Fsp3) is 0.938. The highest BCUT2D eigenvalue weighted by atomic mass is 16.8. The molecule has 4 saturated carbocycles. The molecule has 0 aromatic rings. The average molecular weight is 927 g/mol. The van der Waals surface area contributed by atoms with Crippen molar-refractivity contribution in [3.8, 4) is 0 Å². The minimum atomic E-state index is -2.02. The monoisotopic (exact) mass is 927 g/mol. The van der Waals surface area contributed by atoms with E-state index in [-0.39, 0.29) is 39.1 Å². The van der Waals surface area contributed by atoms with E-state index in [1.54, 1.807) is 5.57 Å². The van der Waals surface area contributed by atoms with Crippen LogP contribution in [0.15, 0.2) is 11.6 Å². The zero-order valence-corrected chi connectivity index (χ0v) is 39.5. The molecule has 3 aliphatic heterocycles. The summed E-state index contributed by atoms with van der Waals surface area (Å²) in [6.45, 7) is 19.3. The Kier molecular flexibility index (Phi) is 13.2. The molecule has 5 aliphatic carbocycles. The van der Waals surface area contributed by atoms with Crippen molar-refractivity contribution >= 4 is 5.97 Å². The van der Waals surface area contributed by atoms with Crippen LogP contribution in [0.1, 0.15) is 120 Å². The van der Waals surface area contributed by atoms with Gasteiger partial charge in [-0.25, -0.2) is 4.79 Å². The normalized spacial score (nSPS) is 55.1. The largest absolute Gasteiger partial charge is 0.479 e. The first-order valence-electron chi connectivity index (χ1n) is 24.1. The smallest absolute Gasteiger partial charge is 0.335 e. The van der Waals surface area contributed by atoms with Crippen LogP contribution in [-0.2, 0) is 33.2 Å². The van der Waals surface area contributed by atoms with Crippen molar-refractivity contribution in [1.29, 1.82) is 0 Å². The molecule has 10 N–H and O–H groups in total. The number of carboxylic acid groups (broad SMARTS) is 1. The molecule has 7 fully saturated rings. The van der Waals surface area contributed by atoms with Crippen LogP contribution in [0, 0.1) is 50.2 Å². The third-order valence-corrected chi connectivity index (χ3v) is 19.4. The summed E-state index contributed by atoms with van der Waals surface area (Å²) in [7, 11) is 0. The van der Waals surface area contributed by atoms with Crippen LogP contribution in [0.2, 0.25) is 0 Å². The highest BCUT2D eigenvalue weighted by Crippen LogP contribution is 2.76. The fourth-order valence-electron chi connectivity index (χ4n) is 15.1. The third-order valence-electron chi connectivity index (χ3n) is 19.4. The van der Waals surface area contributed by atoms with Crippen LogP contribution >= 0.6 is 0 Å². The average Bonchev–Trinajstić information content (AvgIpc) is 3.22. The molecule has 8 aliphatic rings. The van der Waals surface area contributed by atoms with Gasteiger partial charge in [0.05, 0.1) is 24.9 Å². The highest BCUT2D eigenvalue weighted by molar-refractivity contribution is 5.73. The number of carboxylic acids is 1. The van der Waals surface area contributed by atoms with Crippen molar-refractivity contribution in [2.24, 2.45) is 50.2 Å². The Morgan fingerprint density at radius 1 is 0.662 bits per heavy atom. The lowest BCUT2D eigenvalue weighted by molar-refractivity contribution is -0.395. The van der Waals surface area contributed by atoms with E-state index in [9.17, 15) is 55.9 Å². The molecule has 3 saturated heterocycles. The second kappa shape index (κ2) is 17.2. The molecule has 0 radical (unpaired) electrons. The van der Waals surface area contributed by atoms with Gasteiger partial charge in [-0.15, -0.1) is 0 Å². The first-order valence-corrected chi connectivity index (χ1v) is 24.1. The minimum absolute atomic E-state index is 0.00181. The highest BCUT2D eigenvalue weighted by Gasteiger charge is 2.69. The summed E-state index contributed by atoms with van der Waals surface area (Å²) in [4.78, 5) is 12.5. The Bertz CT molecular complexity index is 1790. The van der Waals surface area contributed by atoms with Crippen LogP contribution in [0.3, 0.4) is 0 Å². The Morgan fingerprint density at radius 2 is 1.29 bits per heavy atom. The predicted molar refractivity (Wildman–Crippen MR) is 229 cm³/mol. The number of aliphatic hydroxyl groups excluding tert-OH is 9. The van der Waals surface area contributed by atoms with Crippen LogP contribution in [0.4, 0.5) is 0 Å². The van der Waals surface area contributed by atoms with Gasteiger partial charge in [-0.1, -0.05) is 67.0 Å². The summed E-state index contributed by atoms with van der Waals surface area (Å²) in [6.07, 6.45) is -15.9. The molecule has 0 aromatic carbocycles. The Hall–Kier alpha value is -1.39. The number of rotatable bonds is 8. The number of hydrogen-bond donors (Lipinski definition) is 10. The summed E-state index contributed by atoms with van der Waals surface area (Å²) in [5.41, 5.74) is 0.763. The van der Waals surface area contributed by atoms with Gasteiger partial charge in [0, 0.05) is 5.41 Å². The molecule has 24 atom stereocenters. The minimum Gasteiger partial charge on any atom is -0.479 e. The van der Waals surface area contributed by atoms with Gasteiger partial charge in [-0.05, 0) is 110 Å². The van der Waals surface area contributed by atoms with Crippen molar-refractivity contribution in [3.63, 3.8) is 0 Å². The number of ether oxygens (including phenoxy) is 6. The molecular formula is C48H78O17. The van der Waals surface area contributed by atoms with E-state index in [4.69, 9.17) is 28.4 Å². The number of aliphatic hydroxyl groups is 9. The van der Waals surface area contributed by atoms with E-state index >= 15 is 0 Å². The van der Waals surface area contributed by atoms with E-state index in [0.717, 1.165) is 51.4 Å². The summed E-state index contributed by atoms with van der Waals surface area (Å²) < 4.78 is 36.4. The van der Waals surface area contributed by atoms with E-state index < -0.39 is 116 Å². The molecule has 0 amide bonds. The summed E-state index contributed by atoms with van der Waals surface area (Å²) in [5.74, 6) is -0.724. The van der Waals surface area contributed by atoms with Gasteiger partial charge < -0.3 is 79.5 Å². The zero-order valence-electron chi connectivity index (χ0n) is 39.5. The van der Waals surface area contributed by atoms with Gasteiger partial charge >= 0.3 is 5.97 Å². The summed E-state index contributed by atoms with van der Waals surface area (Å²) in [5, 5.41) is 108. The molecule has 0 bridgehead atoms. The van der Waals surface area contributed by atoms with Crippen molar-refractivity contribution in [1.82, 2.24) is 0 Å². The number of allylic oxidation sites excluding steroid dienone is 2. The van der Waals surface area contributed by atoms with E-state index in [2.05, 4.69) is 61.5 Å². The number of carbonyl (C=O) groups is 1. The van der Waals surface area contributed by atoms with Crippen molar-refractivity contribution in [2.75, 3.05) is 6.61 Å². The third kappa shape index (κ3) is 7.81. The molecule has 3 heterocycles. The Labute approximate surface area is 382 Å². The van der Waals surface area contributed by atoms with Gasteiger partial charge in [0.1, 0.15) is 61.0 Å². The van der Waals surface area contributed by atoms with Gasteiger partial charge in [0.2, 0.25) is 0 Å². The Morgan fingerprint density at radius 3 is 1.94 bits per heavy atom. The molecule has 0 unspecified atom stereocenters. The maximum absolute atomic E-state index is 12.5. The van der Waals surface area contributed by atoms with E-state index in [0.29, 0.717) is 18.3 Å². The van der Waals surface area contributed by atoms with Crippen LogP contribution in [0.5, 0.6) is 0 Å². The second-order valence-corrected chi connectivity index (χ2v) is 23.8. The zero-order chi connectivity index (χ0) is 47.7. The number of aliphatic carboxylic acids is 1. The first-order chi connectivity index (χ1) is 30.2. The van der Waals surface area contributed by atoms with Crippen LogP contribution < -0.4 is 0 Å². The maximum Gasteiger partial charge on any atom is 0.335 e. The van der Waals surface area contributed by atoms with Gasteiger partial charge in [0.25, 0.3) is 0 Å². The lowest BCUT2D eigenvalue weighted by Crippen LogP contribution is -2.68. The molecule has 17 nitrogen and oxygen atoms in total. The number of fused-ring (bicyclic) bond motifs is 7. The molecule has 0 aromatic heterocycles. The predicted octanol–water partition coefficient (Wildman–Crippen LogP) is 1.73. The topological polar surface area (TPSA) is 275 Å². The second-order valence-electron chi connectivity index (χ2n) is 23.8. The quantitative estimate of drug-likeness (QED) is 0.123. The van der Waals surface area contributed by atoms with Gasteiger partial charge in [-0.2, -0.15) is 0 Å². The van der Waals surface area contributed by atoms with Gasteiger partial charge in [-0.3, -0.25) is 0 Å². The maximum atomic E-state index is 12.5. The van der Waals surface area contributed by atoms with Crippen LogP contribution in [-0.4, -0.2) is 168 Å². The van der Waals surface area contributed by atoms with Crippen molar-refractivity contribution in [3.05, 3.63) is 11.6 Å². The van der Waals surface area contributed by atoms with Crippen molar-refractivity contribution < 1.29 is 84.3 Å². The summed E-state index contributed by atoms with van der Waals surface area (Å²) >= 11 is 0. The SMILES string of the molecule is C[C@@H]1O[C@H](O[C@H]2[C@@H](O[C@H]3[C@@H](O[C@H]4CC[C@]5(C)[C@@H](CC[C@]6(C)[C@H]5CC=C5[C@@H]7CC(C)(C)C[C@@H](O)[C@@]7(C)CC[C@]56C)C4(C)C)O[C@@H](C(=O)O)[C@H](O)[C@@H]3O)O[C@@H](CO)[C@@H](O)[C@H]2O)[C@H](O)[C@H](O)[C@@H]1O. The fourth-order valence-corrected chi connectivity index (χ4v) is 15.1. The standard InChI is InChI=1S/C48H78O17/c1-21-29(51)31(53)35(57)40(60-21)64-37-32(54)30(52)24(20-49)61-41(37)65-38-34(56)33(55)36(39(58)59)63-42(38)62-28-13-14-46(7)25(44(28,4)5)12-15-48(9)26(46)11-10-22-23-18-43(2,3)19-27(50)45(23,6)16-17-47(22,48)8/h10,21,23-38,40-42,49-57H,11-20H2,1-9H3,(H,58,59)/t21-,23-,24-,25-,26-,27+,28-,29+,30+,31+,32+,33+,34-,35+,36+,37+,38+,40+,41+,42-,45-,46+,47+,48+/m0/s1. The molecule has 372 valence electrons. The van der Waals surface area contributed by atoms with E-state index in [1.807, 2.05) is 0 Å².